The summed E-state index contributed by atoms with van der Waals surface area (Å²) in [5, 5.41) is 9.99. The van der Waals surface area contributed by atoms with Gasteiger partial charge < -0.3 is 24.2 Å². The van der Waals surface area contributed by atoms with Crippen LogP contribution in [0.2, 0.25) is 0 Å². The van der Waals surface area contributed by atoms with Crippen molar-refractivity contribution in [3.63, 3.8) is 0 Å². The van der Waals surface area contributed by atoms with E-state index in [0.29, 0.717) is 0 Å². The van der Waals surface area contributed by atoms with Crippen molar-refractivity contribution in [2.45, 2.75) is 115 Å². The van der Waals surface area contributed by atoms with Crippen LogP contribution in [-0.2, 0) is 23.8 Å². The molecule has 1 rings (SSSR count). The second-order valence-corrected chi connectivity index (χ2v) is 13.4. The number of hydrogen-bond donors (Lipinski definition) is 1. The highest BCUT2D eigenvalue weighted by atomic mass is 19.4. The number of rotatable bonds is 22. The molecule has 0 amide bonds. The smallest absolute Gasteiger partial charge is 0.460 e. The molecule has 0 radical (unpaired) electrons. The van der Waals surface area contributed by atoms with Crippen LogP contribution in [-0.4, -0.2) is 145 Å². The van der Waals surface area contributed by atoms with E-state index < -0.39 is 156 Å². The van der Waals surface area contributed by atoms with Crippen molar-refractivity contribution in [2.24, 2.45) is 0 Å². The molecular formula is C31H20F31NO7. The molecule has 70 heavy (non-hydrogen) atoms. The number of carbonyl (C=O) groups excluding carboxylic acids is 3. The van der Waals surface area contributed by atoms with Crippen LogP contribution in [0.3, 0.4) is 0 Å². The fraction of sp³-hybridized carbons (Fsp3) is 0.710. The molecule has 0 aliphatic carbocycles. The first-order valence-electron chi connectivity index (χ1n) is 16.9. The minimum Gasteiger partial charge on any atom is -0.464 e. The maximum absolute atomic E-state index is 14.9. The first kappa shape index (κ1) is 63.2. The van der Waals surface area contributed by atoms with Crippen molar-refractivity contribution in [3.8, 4) is 0 Å². The summed E-state index contributed by atoms with van der Waals surface area (Å²) in [6, 6.07) is -7.78. The van der Waals surface area contributed by atoms with Gasteiger partial charge in [-0.25, -0.2) is 14.4 Å². The molecule has 8 nitrogen and oxygen atoms in total. The number of ether oxygens (including phenoxy) is 3. The van der Waals surface area contributed by atoms with Gasteiger partial charge in [0.2, 0.25) is 6.10 Å². The molecule has 0 heterocycles. The predicted octanol–water partition coefficient (Wildman–Crippen LogP) is 10.5. The van der Waals surface area contributed by atoms with E-state index in [1.54, 1.807) is 0 Å². The first-order chi connectivity index (χ1) is 30.5. The average molecular weight is 1110 g/mol. The zero-order valence-electron chi connectivity index (χ0n) is 32.9. The Hall–Kier alpha value is -4.78. The minimum atomic E-state index is -10.2. The van der Waals surface area contributed by atoms with Crippen molar-refractivity contribution in [1.82, 2.24) is 0 Å². The molecule has 2 atom stereocenters. The van der Waals surface area contributed by atoms with Gasteiger partial charge in [0, 0.05) is 12.7 Å². The Bertz CT molecular complexity index is 2050. The zero-order chi connectivity index (χ0) is 56.5. The number of aliphatic hydroxyl groups excluding tert-OH is 1. The number of hydrogen-bond acceptors (Lipinski definition) is 8. The van der Waals surface area contributed by atoms with Crippen LogP contribution in [0.4, 0.5) is 142 Å². The molecule has 0 aliphatic heterocycles. The van der Waals surface area contributed by atoms with E-state index in [1.165, 1.54) is 0 Å². The molecular weight excluding hydrogens is 1090 g/mol. The Balaban J connectivity index is 3.86. The average Bonchev–Trinajstić information content (AvgIpc) is 3.20. The number of aliphatic hydroxyl groups is 1. The Morgan fingerprint density at radius 2 is 0.700 bits per heavy atom. The molecule has 0 saturated carbocycles. The van der Waals surface area contributed by atoms with Gasteiger partial charge in [-0.3, -0.25) is 0 Å². The molecule has 0 aliphatic rings. The number of benzene rings is 1. The van der Waals surface area contributed by atoms with Crippen LogP contribution in [0.5, 0.6) is 0 Å². The van der Waals surface area contributed by atoms with E-state index >= 15 is 0 Å². The van der Waals surface area contributed by atoms with Crippen molar-refractivity contribution in [1.29, 1.82) is 0 Å². The summed E-state index contributed by atoms with van der Waals surface area (Å²) in [6.45, 7) is 1.20. The van der Waals surface area contributed by atoms with Gasteiger partial charge in [-0.05, 0) is 38.1 Å². The molecule has 408 valence electrons. The highest BCUT2D eigenvalue weighted by Gasteiger charge is 3.01. The lowest BCUT2D eigenvalue weighted by Crippen LogP contribution is -2.79. The molecule has 0 aromatic heterocycles. The molecule has 0 fully saturated rings. The summed E-state index contributed by atoms with van der Waals surface area (Å²) >= 11 is 0. The monoisotopic (exact) mass is 1110 g/mol. The van der Waals surface area contributed by atoms with Gasteiger partial charge in [0.15, 0.2) is 6.10 Å². The summed E-state index contributed by atoms with van der Waals surface area (Å²) in [6.07, 6.45) is -13.8. The number of alkyl halides is 31. The Morgan fingerprint density at radius 3 is 0.971 bits per heavy atom. The van der Waals surface area contributed by atoms with Crippen molar-refractivity contribution in [2.75, 3.05) is 25.2 Å². The molecule has 39 heteroatoms. The van der Waals surface area contributed by atoms with Crippen LogP contribution >= 0.6 is 0 Å². The summed E-state index contributed by atoms with van der Waals surface area (Å²) < 4.78 is 445. The number of carbonyl (C=O) groups is 3. The number of halogens is 31. The van der Waals surface area contributed by atoms with Gasteiger partial charge in [0.25, 0.3) is 0 Å². The van der Waals surface area contributed by atoms with Crippen LogP contribution in [0, 0.1) is 0 Å². The van der Waals surface area contributed by atoms with Gasteiger partial charge in [-0.2, -0.15) is 136 Å². The molecule has 1 aromatic carbocycles. The topological polar surface area (TPSA) is 102 Å². The van der Waals surface area contributed by atoms with Crippen molar-refractivity contribution >= 4 is 23.6 Å². The normalized spacial score (nSPS) is 16.1. The number of nitrogens with zero attached hydrogens (tertiary/aromatic N) is 1. The Morgan fingerprint density at radius 1 is 0.443 bits per heavy atom. The highest BCUT2D eigenvalue weighted by molar-refractivity contribution is 5.93. The van der Waals surface area contributed by atoms with Crippen LogP contribution < -0.4 is 4.90 Å². The molecule has 1 aromatic rings. The molecule has 0 spiro atoms. The van der Waals surface area contributed by atoms with Gasteiger partial charge in [0.1, 0.15) is 0 Å². The van der Waals surface area contributed by atoms with Crippen LogP contribution in [0.25, 0.3) is 0 Å². The molecule has 0 bridgehead atoms. The van der Waals surface area contributed by atoms with E-state index in [2.05, 4.69) is 14.2 Å². The third kappa shape index (κ3) is 8.75. The molecule has 2 unspecified atom stereocenters. The zero-order valence-corrected chi connectivity index (χ0v) is 32.9. The maximum atomic E-state index is 14.9. The SMILES string of the molecule is CCOC(=O)C(O)C(OC(=O)c1ccc(N(C)C(F)(F)C(F)(F)C(F)(F)C(F)(F)C(F)(F)C(F)(F)C(F)(F)C(F)(F)C(F)(F)C(F)(F)C(F)(F)C(F)(F)C(F)(F)C(F)(F)C(F)(F)F)cc1)C(=O)OCC. The van der Waals surface area contributed by atoms with Crippen LogP contribution in [0.15, 0.2) is 24.3 Å². The Kier molecular flexibility index (Phi) is 16.6. The highest BCUT2D eigenvalue weighted by Crippen LogP contribution is 2.69. The van der Waals surface area contributed by atoms with E-state index in [0.717, 1.165) is 13.8 Å². The summed E-state index contributed by atoms with van der Waals surface area (Å²) in [5.74, 6) is -131. The second-order valence-electron chi connectivity index (χ2n) is 13.4. The molecule has 1 N–H and O–H groups in total. The maximum Gasteiger partial charge on any atom is 0.460 e. The summed E-state index contributed by atoms with van der Waals surface area (Å²) in [7, 11) is -0.676. The van der Waals surface area contributed by atoms with Crippen molar-refractivity contribution < 1.29 is 170 Å². The Labute approximate surface area is 364 Å². The lowest BCUT2D eigenvalue weighted by Gasteiger charge is -2.47. The lowest BCUT2D eigenvalue weighted by molar-refractivity contribution is -0.489. The minimum absolute atomic E-state index is 0.0325. The van der Waals surface area contributed by atoms with Crippen molar-refractivity contribution in [3.05, 3.63) is 29.8 Å². The van der Waals surface area contributed by atoms with E-state index in [1.807, 2.05) is 0 Å². The number of anilines is 1. The first-order valence-corrected chi connectivity index (χ1v) is 16.9. The standard InChI is InChI=1S/C31H20F31NO7/c1-4-68-15(66)12(64)13(16(67)69-5-2)70-14(65)10-6-8-11(9-7-10)63(3)31(61,62)29(56,57)27(52,53)25(48,49)23(44,45)21(40,41)19(36,37)17(32,33)18(34,35)20(38,39)22(42,43)24(46,47)26(50,51)28(54,55)30(58,59)60/h6-9,12-13,64H,4-5H2,1-3H3. The quantitative estimate of drug-likeness (QED) is 0.0530. The van der Waals surface area contributed by atoms with Crippen LogP contribution in [0.1, 0.15) is 24.2 Å². The van der Waals surface area contributed by atoms with E-state index in [9.17, 15) is 156 Å². The third-order valence-corrected chi connectivity index (χ3v) is 8.95. The largest absolute Gasteiger partial charge is 0.464 e. The van der Waals surface area contributed by atoms with E-state index in [-0.39, 0.29) is 24.3 Å². The van der Waals surface area contributed by atoms with E-state index in [4.69, 9.17) is 0 Å². The molecule has 0 saturated heterocycles. The second kappa shape index (κ2) is 18.4. The van der Waals surface area contributed by atoms with Gasteiger partial charge in [-0.15, -0.1) is 0 Å². The van der Waals surface area contributed by atoms with Gasteiger partial charge in [-0.1, -0.05) is 0 Å². The number of esters is 3. The fourth-order valence-corrected chi connectivity index (χ4v) is 4.73. The van der Waals surface area contributed by atoms with Gasteiger partial charge in [0.05, 0.1) is 18.8 Å². The summed E-state index contributed by atoms with van der Waals surface area (Å²) in [4.78, 5) is 34.6. The lowest BCUT2D eigenvalue weighted by atomic mass is 9.83. The predicted molar refractivity (Wildman–Crippen MR) is 159 cm³/mol. The summed E-state index contributed by atoms with van der Waals surface area (Å²) in [5.41, 5.74) is -3.03. The third-order valence-electron chi connectivity index (χ3n) is 8.95. The van der Waals surface area contributed by atoms with Gasteiger partial charge >= 0.3 is 107 Å². The fourth-order valence-electron chi connectivity index (χ4n) is 4.73.